The predicted molar refractivity (Wildman–Crippen MR) is 53.5 cm³/mol. The van der Waals surface area contributed by atoms with E-state index in [0.717, 1.165) is 12.3 Å². The summed E-state index contributed by atoms with van der Waals surface area (Å²) in [4.78, 5) is 12.1. The van der Waals surface area contributed by atoms with E-state index in [4.69, 9.17) is 0 Å². The molecule has 0 aromatic heterocycles. The molecule has 2 aliphatic rings. The van der Waals surface area contributed by atoms with Gasteiger partial charge in [0.15, 0.2) is 0 Å². The number of ketones is 1. The second-order valence-corrected chi connectivity index (χ2v) is 5.52. The van der Waals surface area contributed by atoms with E-state index >= 15 is 0 Å². The van der Waals surface area contributed by atoms with Crippen molar-refractivity contribution in [3.05, 3.63) is 0 Å². The molecule has 74 valence electrons. The Morgan fingerprint density at radius 3 is 2.77 bits per heavy atom. The third-order valence-electron chi connectivity index (χ3n) is 4.00. The van der Waals surface area contributed by atoms with Gasteiger partial charge in [0.1, 0.15) is 5.78 Å². The molecule has 13 heavy (non-hydrogen) atoms. The van der Waals surface area contributed by atoms with Crippen molar-refractivity contribution in [2.24, 2.45) is 17.3 Å². The van der Waals surface area contributed by atoms with Gasteiger partial charge >= 0.3 is 0 Å². The molecule has 0 N–H and O–H groups in total. The molecule has 2 saturated carbocycles. The lowest BCUT2D eigenvalue weighted by atomic mass is 9.76. The van der Waals surface area contributed by atoms with Gasteiger partial charge in [-0.2, -0.15) is 0 Å². The zero-order valence-corrected chi connectivity index (χ0v) is 8.81. The molecule has 0 aromatic carbocycles. The van der Waals surface area contributed by atoms with Crippen molar-refractivity contribution in [3.8, 4) is 0 Å². The standard InChI is InChI=1S/C12H20O/c1-12(2)7-6-9-4-3-5-10(8-9)11(12)13/h9-10H,3-8H2,1-2H3. The number of carbonyl (C=O) groups is 1. The largest absolute Gasteiger partial charge is 0.299 e. The van der Waals surface area contributed by atoms with Gasteiger partial charge < -0.3 is 0 Å². The van der Waals surface area contributed by atoms with E-state index in [1.54, 1.807) is 0 Å². The second-order valence-electron chi connectivity index (χ2n) is 5.52. The Bertz CT molecular complexity index is 217. The van der Waals surface area contributed by atoms with Crippen LogP contribution in [0.1, 0.15) is 52.4 Å². The molecule has 0 spiro atoms. The molecular weight excluding hydrogens is 160 g/mol. The fourth-order valence-corrected chi connectivity index (χ4v) is 3.03. The molecule has 0 heterocycles. The topological polar surface area (TPSA) is 17.1 Å². The van der Waals surface area contributed by atoms with Crippen LogP contribution in [0.4, 0.5) is 0 Å². The van der Waals surface area contributed by atoms with Gasteiger partial charge in [-0.05, 0) is 31.6 Å². The lowest BCUT2D eigenvalue weighted by Crippen LogP contribution is -2.30. The Morgan fingerprint density at radius 2 is 2.00 bits per heavy atom. The molecule has 2 fully saturated rings. The maximum Gasteiger partial charge on any atom is 0.141 e. The number of rotatable bonds is 0. The van der Waals surface area contributed by atoms with E-state index in [1.807, 2.05) is 0 Å². The fraction of sp³-hybridized carbons (Fsp3) is 0.917. The van der Waals surface area contributed by atoms with E-state index in [2.05, 4.69) is 13.8 Å². The Balaban J connectivity index is 2.20. The summed E-state index contributed by atoms with van der Waals surface area (Å²) in [5.74, 6) is 1.83. The highest BCUT2D eigenvalue weighted by Crippen LogP contribution is 2.43. The highest BCUT2D eigenvalue weighted by molar-refractivity contribution is 5.86. The van der Waals surface area contributed by atoms with Gasteiger partial charge in [-0.15, -0.1) is 0 Å². The van der Waals surface area contributed by atoms with Crippen molar-refractivity contribution >= 4 is 5.78 Å². The summed E-state index contributed by atoms with van der Waals surface area (Å²) in [5, 5.41) is 0. The van der Waals surface area contributed by atoms with Crippen LogP contribution in [-0.4, -0.2) is 5.78 Å². The molecule has 2 rings (SSSR count). The number of carbonyl (C=O) groups excluding carboxylic acids is 1. The summed E-state index contributed by atoms with van der Waals surface area (Å²) in [7, 11) is 0. The quantitative estimate of drug-likeness (QED) is 0.559. The van der Waals surface area contributed by atoms with Gasteiger partial charge in [0.25, 0.3) is 0 Å². The molecule has 2 bridgehead atoms. The van der Waals surface area contributed by atoms with Gasteiger partial charge in [0.05, 0.1) is 0 Å². The molecule has 2 aliphatic carbocycles. The zero-order valence-electron chi connectivity index (χ0n) is 8.81. The van der Waals surface area contributed by atoms with Gasteiger partial charge in [-0.1, -0.05) is 26.7 Å². The first-order valence-electron chi connectivity index (χ1n) is 5.64. The average Bonchev–Trinajstić information content (AvgIpc) is 2.19. The van der Waals surface area contributed by atoms with Crippen molar-refractivity contribution in [1.29, 1.82) is 0 Å². The van der Waals surface area contributed by atoms with Crippen molar-refractivity contribution in [3.63, 3.8) is 0 Å². The van der Waals surface area contributed by atoms with E-state index in [1.165, 1.54) is 32.1 Å². The molecule has 2 unspecified atom stereocenters. The van der Waals surface area contributed by atoms with Crippen LogP contribution in [0.5, 0.6) is 0 Å². The third kappa shape index (κ3) is 1.66. The minimum absolute atomic E-state index is 0.0241. The summed E-state index contributed by atoms with van der Waals surface area (Å²) < 4.78 is 0. The zero-order chi connectivity index (χ0) is 9.47. The number of hydrogen-bond donors (Lipinski definition) is 0. The molecule has 0 saturated heterocycles. The normalized spacial score (nSPS) is 38.5. The molecule has 1 heteroatoms. The Morgan fingerprint density at radius 1 is 1.23 bits per heavy atom. The van der Waals surface area contributed by atoms with Gasteiger partial charge in [0, 0.05) is 11.3 Å². The van der Waals surface area contributed by atoms with Crippen LogP contribution < -0.4 is 0 Å². The van der Waals surface area contributed by atoms with Crippen LogP contribution in [0.25, 0.3) is 0 Å². The van der Waals surface area contributed by atoms with Crippen molar-refractivity contribution in [2.45, 2.75) is 52.4 Å². The van der Waals surface area contributed by atoms with Gasteiger partial charge in [-0.25, -0.2) is 0 Å². The van der Waals surface area contributed by atoms with Crippen LogP contribution in [0, 0.1) is 17.3 Å². The van der Waals surface area contributed by atoms with Crippen LogP contribution in [-0.2, 0) is 4.79 Å². The van der Waals surface area contributed by atoms with Crippen LogP contribution in [0.15, 0.2) is 0 Å². The SMILES string of the molecule is CC1(C)CCC2CCCC(C2)C1=O. The van der Waals surface area contributed by atoms with E-state index in [-0.39, 0.29) is 5.41 Å². The monoisotopic (exact) mass is 180 g/mol. The Labute approximate surface area is 80.9 Å². The lowest BCUT2D eigenvalue weighted by Gasteiger charge is -2.27. The summed E-state index contributed by atoms with van der Waals surface area (Å²) in [6, 6.07) is 0. The third-order valence-corrected chi connectivity index (χ3v) is 4.00. The summed E-state index contributed by atoms with van der Waals surface area (Å²) in [5.41, 5.74) is -0.0241. The minimum atomic E-state index is -0.0241. The second kappa shape index (κ2) is 3.11. The summed E-state index contributed by atoms with van der Waals surface area (Å²) >= 11 is 0. The molecule has 0 radical (unpaired) electrons. The summed E-state index contributed by atoms with van der Waals surface area (Å²) in [6.07, 6.45) is 7.43. The highest BCUT2D eigenvalue weighted by Gasteiger charge is 2.39. The van der Waals surface area contributed by atoms with Crippen LogP contribution in [0.3, 0.4) is 0 Å². The van der Waals surface area contributed by atoms with E-state index < -0.39 is 0 Å². The van der Waals surface area contributed by atoms with Crippen LogP contribution in [0.2, 0.25) is 0 Å². The lowest BCUT2D eigenvalue weighted by molar-refractivity contribution is -0.131. The first-order valence-corrected chi connectivity index (χ1v) is 5.64. The molecule has 0 aromatic rings. The predicted octanol–water partition coefficient (Wildman–Crippen LogP) is 3.18. The Kier molecular flexibility index (Phi) is 2.21. The Hall–Kier alpha value is -0.330. The van der Waals surface area contributed by atoms with E-state index in [9.17, 15) is 4.79 Å². The number of Topliss-reactive ketones (excluding diaryl/α,β-unsaturated/α-hetero) is 1. The summed E-state index contributed by atoms with van der Waals surface area (Å²) in [6.45, 7) is 4.27. The van der Waals surface area contributed by atoms with Crippen molar-refractivity contribution in [2.75, 3.05) is 0 Å². The fourth-order valence-electron chi connectivity index (χ4n) is 3.03. The van der Waals surface area contributed by atoms with Gasteiger partial charge in [-0.3, -0.25) is 4.79 Å². The van der Waals surface area contributed by atoms with Crippen molar-refractivity contribution < 1.29 is 4.79 Å². The molecule has 0 aliphatic heterocycles. The minimum Gasteiger partial charge on any atom is -0.299 e. The highest BCUT2D eigenvalue weighted by atomic mass is 16.1. The molecule has 1 nitrogen and oxygen atoms in total. The average molecular weight is 180 g/mol. The van der Waals surface area contributed by atoms with E-state index in [0.29, 0.717) is 11.7 Å². The smallest absolute Gasteiger partial charge is 0.141 e. The molecule has 2 atom stereocenters. The maximum absolute atomic E-state index is 12.1. The first-order chi connectivity index (χ1) is 6.09. The van der Waals surface area contributed by atoms with Crippen molar-refractivity contribution in [1.82, 2.24) is 0 Å². The molecular formula is C12H20O. The first kappa shape index (κ1) is 9.23. The number of fused-ring (bicyclic) bond motifs is 2. The van der Waals surface area contributed by atoms with Crippen LogP contribution >= 0.6 is 0 Å². The number of hydrogen-bond acceptors (Lipinski definition) is 1. The maximum atomic E-state index is 12.1. The van der Waals surface area contributed by atoms with Gasteiger partial charge in [0.2, 0.25) is 0 Å². The molecule has 0 amide bonds.